The Hall–Kier alpha value is -2.11. The lowest BCUT2D eigenvalue weighted by Gasteiger charge is -2.29. The van der Waals surface area contributed by atoms with E-state index in [1.165, 1.54) is 18.9 Å². The highest BCUT2D eigenvalue weighted by Crippen LogP contribution is 2.35. The number of nitro benzene ring substituents is 1. The summed E-state index contributed by atoms with van der Waals surface area (Å²) in [5, 5.41) is 11.1. The largest absolute Gasteiger partial charge is 0.477 e. The molecule has 124 valence electrons. The molecule has 0 atom stereocenters. The number of nitro groups is 1. The number of carbonyl (C=O) groups excluding carboxylic acids is 1. The highest BCUT2D eigenvalue weighted by atomic mass is 16.6. The summed E-state index contributed by atoms with van der Waals surface area (Å²) in [6, 6.07) is 5.38. The summed E-state index contributed by atoms with van der Waals surface area (Å²) in [6.07, 6.45) is 6.59. The molecule has 0 aliphatic heterocycles. The van der Waals surface area contributed by atoms with Crippen LogP contribution in [0.1, 0.15) is 44.1 Å². The van der Waals surface area contributed by atoms with Crippen LogP contribution in [0.3, 0.4) is 0 Å². The first kappa shape index (κ1) is 15.8. The third-order valence-electron chi connectivity index (χ3n) is 4.61. The predicted molar refractivity (Wildman–Crippen MR) is 85.5 cm³/mol. The molecule has 2 aliphatic rings. The SMILES string of the molecule is Cc1ccc([N+](=O)[O-])c(OCC(=O)N(C2CCCC2)C2CC2)c1. The summed E-state index contributed by atoms with van der Waals surface area (Å²) < 4.78 is 5.53. The van der Waals surface area contributed by atoms with Gasteiger partial charge in [-0.05, 0) is 44.2 Å². The van der Waals surface area contributed by atoms with E-state index in [0.29, 0.717) is 12.1 Å². The maximum Gasteiger partial charge on any atom is 0.310 e. The molecule has 2 fully saturated rings. The molecule has 23 heavy (non-hydrogen) atoms. The predicted octanol–water partition coefficient (Wildman–Crippen LogP) is 3.22. The Bertz CT molecular complexity index is 607. The molecule has 1 aromatic rings. The number of nitrogens with zero attached hydrogens (tertiary/aromatic N) is 2. The summed E-state index contributed by atoms with van der Waals surface area (Å²) in [6.45, 7) is 1.71. The molecule has 0 unspecified atom stereocenters. The fraction of sp³-hybridized carbons (Fsp3) is 0.588. The minimum absolute atomic E-state index is 0.0461. The highest BCUT2D eigenvalue weighted by molar-refractivity contribution is 5.79. The van der Waals surface area contributed by atoms with Gasteiger partial charge in [-0.1, -0.05) is 18.9 Å². The van der Waals surface area contributed by atoms with E-state index in [0.717, 1.165) is 31.2 Å². The van der Waals surface area contributed by atoms with Crippen molar-refractivity contribution in [2.75, 3.05) is 6.61 Å². The molecule has 0 spiro atoms. The number of aryl methyl sites for hydroxylation is 1. The zero-order chi connectivity index (χ0) is 16.4. The Morgan fingerprint density at radius 3 is 2.52 bits per heavy atom. The second-order valence-electron chi connectivity index (χ2n) is 6.49. The quantitative estimate of drug-likeness (QED) is 0.596. The summed E-state index contributed by atoms with van der Waals surface area (Å²) >= 11 is 0. The van der Waals surface area contributed by atoms with Crippen molar-refractivity contribution in [1.29, 1.82) is 0 Å². The molecule has 0 heterocycles. The molecular weight excluding hydrogens is 296 g/mol. The van der Waals surface area contributed by atoms with Gasteiger partial charge >= 0.3 is 5.69 Å². The van der Waals surface area contributed by atoms with Gasteiger partial charge in [-0.3, -0.25) is 14.9 Å². The zero-order valence-corrected chi connectivity index (χ0v) is 13.4. The van der Waals surface area contributed by atoms with E-state index in [-0.39, 0.29) is 24.0 Å². The van der Waals surface area contributed by atoms with E-state index in [2.05, 4.69) is 0 Å². The van der Waals surface area contributed by atoms with E-state index in [9.17, 15) is 14.9 Å². The molecule has 1 amide bonds. The summed E-state index contributed by atoms with van der Waals surface area (Å²) in [7, 11) is 0. The molecule has 6 nitrogen and oxygen atoms in total. The normalized spacial score (nSPS) is 18.0. The van der Waals surface area contributed by atoms with E-state index in [4.69, 9.17) is 4.74 Å². The Balaban J connectivity index is 1.68. The van der Waals surface area contributed by atoms with Crippen molar-refractivity contribution >= 4 is 11.6 Å². The van der Waals surface area contributed by atoms with Crippen LogP contribution in [0.4, 0.5) is 5.69 Å². The number of ether oxygens (including phenoxy) is 1. The van der Waals surface area contributed by atoms with Gasteiger partial charge in [0.25, 0.3) is 5.91 Å². The first-order chi connectivity index (χ1) is 11.1. The topological polar surface area (TPSA) is 72.7 Å². The van der Waals surface area contributed by atoms with Crippen molar-refractivity contribution in [3.8, 4) is 5.75 Å². The van der Waals surface area contributed by atoms with E-state index in [1.54, 1.807) is 12.1 Å². The van der Waals surface area contributed by atoms with Crippen LogP contribution < -0.4 is 4.74 Å². The fourth-order valence-electron chi connectivity index (χ4n) is 3.34. The molecule has 1 aromatic carbocycles. The van der Waals surface area contributed by atoms with Crippen LogP contribution in [-0.2, 0) is 4.79 Å². The molecular formula is C17H22N2O4. The van der Waals surface area contributed by atoms with Gasteiger partial charge in [-0.2, -0.15) is 0 Å². The standard InChI is InChI=1S/C17H22N2O4/c1-12-6-9-15(19(21)22)16(10-12)23-11-17(20)18(14-7-8-14)13-4-2-3-5-13/h6,9-10,13-14H,2-5,7-8,11H2,1H3. The Morgan fingerprint density at radius 2 is 1.91 bits per heavy atom. The molecule has 2 aliphatic carbocycles. The van der Waals surface area contributed by atoms with Crippen LogP contribution >= 0.6 is 0 Å². The van der Waals surface area contributed by atoms with Crippen LogP contribution in [0.5, 0.6) is 5.75 Å². The average Bonchev–Trinajstić information content (AvgIpc) is 3.19. The Kier molecular flexibility index (Phi) is 4.50. The molecule has 0 bridgehead atoms. The molecule has 0 aromatic heterocycles. The highest BCUT2D eigenvalue weighted by Gasteiger charge is 2.38. The summed E-state index contributed by atoms with van der Waals surface area (Å²) in [5.74, 6) is 0.126. The molecule has 3 rings (SSSR count). The van der Waals surface area contributed by atoms with Crippen molar-refractivity contribution in [3.63, 3.8) is 0 Å². The van der Waals surface area contributed by atoms with Crippen molar-refractivity contribution < 1.29 is 14.5 Å². The summed E-state index contributed by atoms with van der Waals surface area (Å²) in [5.41, 5.74) is 0.773. The van der Waals surface area contributed by atoms with Crippen molar-refractivity contribution in [3.05, 3.63) is 33.9 Å². The number of hydrogen-bond donors (Lipinski definition) is 0. The van der Waals surface area contributed by atoms with Crippen molar-refractivity contribution in [2.45, 2.75) is 57.5 Å². The van der Waals surface area contributed by atoms with Gasteiger partial charge in [-0.25, -0.2) is 0 Å². The van der Waals surface area contributed by atoms with Crippen LogP contribution in [0.2, 0.25) is 0 Å². The van der Waals surface area contributed by atoms with Crippen LogP contribution in [-0.4, -0.2) is 34.4 Å². The van der Waals surface area contributed by atoms with Gasteiger partial charge in [0, 0.05) is 18.2 Å². The van der Waals surface area contributed by atoms with Crippen LogP contribution in [0.15, 0.2) is 18.2 Å². The first-order valence-corrected chi connectivity index (χ1v) is 8.25. The molecule has 0 radical (unpaired) electrons. The van der Waals surface area contributed by atoms with Gasteiger partial charge in [-0.15, -0.1) is 0 Å². The average molecular weight is 318 g/mol. The molecule has 0 N–H and O–H groups in total. The number of benzene rings is 1. The van der Waals surface area contributed by atoms with Gasteiger partial charge in [0.2, 0.25) is 0 Å². The zero-order valence-electron chi connectivity index (χ0n) is 13.4. The minimum atomic E-state index is -0.477. The van der Waals surface area contributed by atoms with Gasteiger partial charge in [0.15, 0.2) is 12.4 Å². The second kappa shape index (κ2) is 6.56. The van der Waals surface area contributed by atoms with Crippen molar-refractivity contribution in [2.24, 2.45) is 0 Å². The molecule has 0 saturated heterocycles. The van der Waals surface area contributed by atoms with E-state index in [1.807, 2.05) is 11.8 Å². The lowest BCUT2D eigenvalue weighted by molar-refractivity contribution is -0.385. The van der Waals surface area contributed by atoms with Crippen molar-refractivity contribution in [1.82, 2.24) is 4.90 Å². The Labute approximate surface area is 135 Å². The number of carbonyl (C=O) groups is 1. The number of amides is 1. The Morgan fingerprint density at radius 1 is 1.26 bits per heavy atom. The lowest BCUT2D eigenvalue weighted by Crippen LogP contribution is -2.43. The maximum absolute atomic E-state index is 12.6. The molecule has 6 heteroatoms. The van der Waals surface area contributed by atoms with Gasteiger partial charge in [0.1, 0.15) is 0 Å². The fourth-order valence-corrected chi connectivity index (χ4v) is 3.34. The third kappa shape index (κ3) is 3.63. The monoisotopic (exact) mass is 318 g/mol. The van der Waals surface area contributed by atoms with Crippen LogP contribution in [0.25, 0.3) is 0 Å². The lowest BCUT2D eigenvalue weighted by atomic mass is 10.2. The van der Waals surface area contributed by atoms with E-state index >= 15 is 0 Å². The first-order valence-electron chi connectivity index (χ1n) is 8.25. The maximum atomic E-state index is 12.6. The van der Waals surface area contributed by atoms with Crippen LogP contribution in [0, 0.1) is 17.0 Å². The molecule has 2 saturated carbocycles. The minimum Gasteiger partial charge on any atom is -0.477 e. The van der Waals surface area contributed by atoms with E-state index < -0.39 is 4.92 Å². The van der Waals surface area contributed by atoms with Gasteiger partial charge < -0.3 is 9.64 Å². The number of hydrogen-bond acceptors (Lipinski definition) is 4. The van der Waals surface area contributed by atoms with Gasteiger partial charge in [0.05, 0.1) is 4.92 Å². The summed E-state index contributed by atoms with van der Waals surface area (Å²) in [4.78, 5) is 25.2. The third-order valence-corrected chi connectivity index (χ3v) is 4.61. The second-order valence-corrected chi connectivity index (χ2v) is 6.49. The number of rotatable bonds is 6. The smallest absolute Gasteiger partial charge is 0.310 e.